The minimum Gasteiger partial charge on any atom is -0.472 e. The Bertz CT molecular complexity index is 1100. The number of rotatable bonds is 5. The van der Waals surface area contributed by atoms with Gasteiger partial charge in [-0.2, -0.15) is 0 Å². The van der Waals surface area contributed by atoms with Crippen molar-refractivity contribution in [3.63, 3.8) is 0 Å². The lowest BCUT2D eigenvalue weighted by Gasteiger charge is -2.53. The Labute approximate surface area is 205 Å². The van der Waals surface area contributed by atoms with E-state index >= 15 is 0 Å². The van der Waals surface area contributed by atoms with Gasteiger partial charge >= 0.3 is 11.9 Å². The molecular weight excluding hydrogens is 448 g/mol. The molecule has 1 spiro atoms. The summed E-state index contributed by atoms with van der Waals surface area (Å²) in [5.74, 6) is -1.45. The molecule has 1 aromatic heterocycles. The zero-order valence-electron chi connectivity index (χ0n) is 21.0. The van der Waals surface area contributed by atoms with Crippen molar-refractivity contribution in [3.05, 3.63) is 48.5 Å². The van der Waals surface area contributed by atoms with Gasteiger partial charge in [-0.1, -0.05) is 33.4 Å². The fourth-order valence-corrected chi connectivity index (χ4v) is 7.62. The summed E-state index contributed by atoms with van der Waals surface area (Å²) in [6, 6.07) is 1.99. The molecule has 35 heavy (non-hydrogen) atoms. The third kappa shape index (κ3) is 3.30. The summed E-state index contributed by atoms with van der Waals surface area (Å²) in [5.41, 5.74) is 0.348. The molecular formula is C28H34O7. The Morgan fingerprint density at radius 3 is 2.63 bits per heavy atom. The number of carbonyl (C=O) groups excluding carboxylic acids is 3. The molecule has 8 atom stereocenters. The van der Waals surface area contributed by atoms with Crippen LogP contribution in [0.4, 0.5) is 0 Å². The molecule has 5 rings (SSSR count). The van der Waals surface area contributed by atoms with E-state index in [1.807, 2.05) is 26.0 Å². The molecule has 0 amide bonds. The maximum Gasteiger partial charge on any atom is 0.305 e. The van der Waals surface area contributed by atoms with Crippen LogP contribution in [-0.2, 0) is 28.6 Å². The summed E-state index contributed by atoms with van der Waals surface area (Å²) in [6.45, 7) is 11.9. The second kappa shape index (κ2) is 7.92. The topological polar surface area (TPSA) is 95.3 Å². The fourth-order valence-electron chi connectivity index (χ4n) is 7.62. The second-order valence-corrected chi connectivity index (χ2v) is 11.4. The Morgan fingerprint density at radius 2 is 2.00 bits per heavy atom. The van der Waals surface area contributed by atoms with Gasteiger partial charge in [0.2, 0.25) is 0 Å². The van der Waals surface area contributed by atoms with Crippen molar-refractivity contribution >= 4 is 17.7 Å². The lowest BCUT2D eigenvalue weighted by atomic mass is 9.52. The number of hydrogen-bond donors (Lipinski definition) is 0. The molecule has 0 bridgehead atoms. The minimum atomic E-state index is -0.786. The van der Waals surface area contributed by atoms with Crippen LogP contribution in [0, 0.1) is 28.6 Å². The first-order chi connectivity index (χ1) is 16.5. The van der Waals surface area contributed by atoms with Crippen LogP contribution in [-0.4, -0.2) is 42.6 Å². The smallest absolute Gasteiger partial charge is 0.305 e. The van der Waals surface area contributed by atoms with E-state index in [4.69, 9.17) is 18.6 Å². The molecule has 1 saturated heterocycles. The van der Waals surface area contributed by atoms with Crippen LogP contribution in [0.25, 0.3) is 0 Å². The first kappa shape index (κ1) is 24.0. The Hall–Kier alpha value is -2.67. The highest BCUT2D eigenvalue weighted by molar-refractivity contribution is 5.96. The quantitative estimate of drug-likeness (QED) is 0.349. The number of hydrogen-bond acceptors (Lipinski definition) is 7. The monoisotopic (exact) mass is 482 g/mol. The number of allylic oxidation sites excluding steroid dienone is 2. The summed E-state index contributed by atoms with van der Waals surface area (Å²) in [6.07, 6.45) is 8.04. The van der Waals surface area contributed by atoms with Crippen molar-refractivity contribution in [2.75, 3.05) is 7.11 Å². The molecule has 4 aliphatic rings. The van der Waals surface area contributed by atoms with Crippen LogP contribution in [0.1, 0.15) is 58.4 Å². The van der Waals surface area contributed by atoms with Crippen LogP contribution in [0.3, 0.4) is 0 Å². The minimum absolute atomic E-state index is 0.0296. The molecule has 3 fully saturated rings. The van der Waals surface area contributed by atoms with Crippen molar-refractivity contribution in [1.82, 2.24) is 0 Å². The van der Waals surface area contributed by atoms with Crippen LogP contribution in [0.2, 0.25) is 0 Å². The van der Waals surface area contributed by atoms with Gasteiger partial charge < -0.3 is 18.6 Å². The Balaban J connectivity index is 1.58. The van der Waals surface area contributed by atoms with Gasteiger partial charge in [0.25, 0.3) is 0 Å². The molecule has 1 aromatic rings. The first-order valence-corrected chi connectivity index (χ1v) is 12.3. The van der Waals surface area contributed by atoms with Gasteiger partial charge in [0.15, 0.2) is 5.78 Å². The third-order valence-corrected chi connectivity index (χ3v) is 9.49. The number of methoxy groups -OCH3 is 1. The van der Waals surface area contributed by atoms with Gasteiger partial charge in [-0.15, -0.1) is 0 Å². The van der Waals surface area contributed by atoms with E-state index in [1.54, 1.807) is 18.6 Å². The fraction of sp³-hybridized carbons (Fsp3) is 0.607. The Kier molecular flexibility index (Phi) is 5.44. The van der Waals surface area contributed by atoms with Gasteiger partial charge in [-0.25, -0.2) is 0 Å². The van der Waals surface area contributed by atoms with Gasteiger partial charge in [0.1, 0.15) is 11.7 Å². The lowest BCUT2D eigenvalue weighted by molar-refractivity contribution is -0.159. The number of carbonyl (C=O) groups is 3. The number of furan rings is 1. The number of ether oxygens (including phenoxy) is 3. The van der Waals surface area contributed by atoms with Crippen molar-refractivity contribution < 1.29 is 33.0 Å². The van der Waals surface area contributed by atoms with Crippen LogP contribution in [0.15, 0.2) is 47.3 Å². The summed E-state index contributed by atoms with van der Waals surface area (Å²) in [7, 11) is 1.35. The van der Waals surface area contributed by atoms with E-state index in [2.05, 4.69) is 13.5 Å². The van der Waals surface area contributed by atoms with Crippen molar-refractivity contribution in [3.8, 4) is 0 Å². The molecule has 3 aliphatic carbocycles. The molecule has 2 saturated carbocycles. The van der Waals surface area contributed by atoms with Crippen molar-refractivity contribution in [2.24, 2.45) is 28.6 Å². The number of epoxide rings is 1. The van der Waals surface area contributed by atoms with E-state index in [9.17, 15) is 14.4 Å². The van der Waals surface area contributed by atoms with E-state index in [1.165, 1.54) is 14.0 Å². The molecule has 2 heterocycles. The molecule has 0 radical (unpaired) electrons. The van der Waals surface area contributed by atoms with Crippen LogP contribution >= 0.6 is 0 Å². The molecule has 7 nitrogen and oxygen atoms in total. The van der Waals surface area contributed by atoms with E-state index in [0.29, 0.717) is 6.42 Å². The maximum atomic E-state index is 12.9. The highest BCUT2D eigenvalue weighted by atomic mass is 16.6. The predicted octanol–water partition coefficient (Wildman–Crippen LogP) is 4.38. The second-order valence-electron chi connectivity index (χ2n) is 11.4. The average Bonchev–Trinajstić information content (AvgIpc) is 3.14. The van der Waals surface area contributed by atoms with Crippen molar-refractivity contribution in [2.45, 2.75) is 70.7 Å². The lowest BCUT2D eigenvalue weighted by Crippen LogP contribution is -2.55. The highest BCUT2D eigenvalue weighted by Gasteiger charge is 2.79. The van der Waals surface area contributed by atoms with Gasteiger partial charge in [-0.3, -0.25) is 14.4 Å². The first-order valence-electron chi connectivity index (χ1n) is 12.3. The molecule has 0 unspecified atom stereocenters. The maximum absolute atomic E-state index is 12.9. The standard InChI is InChI=1S/C28H34O7/c1-15-25(18-7-8-22(30)26(3,4)20(18)12-24(31)32-6)21(34-16(2)29)13-27(5)19(17-9-10-33-14-17)11-23-28(15,27)35-23/h7-10,14,18-21,23,25H,1,11-13H2,2-6H3/t18-,19+,20-,21-,23-,25+,27-,28-/m1/s1. The van der Waals surface area contributed by atoms with E-state index < -0.39 is 17.1 Å². The van der Waals surface area contributed by atoms with Gasteiger partial charge in [0, 0.05) is 30.1 Å². The van der Waals surface area contributed by atoms with Crippen molar-refractivity contribution in [1.29, 1.82) is 0 Å². The molecule has 0 aromatic carbocycles. The largest absolute Gasteiger partial charge is 0.472 e. The summed E-state index contributed by atoms with van der Waals surface area (Å²) < 4.78 is 22.8. The summed E-state index contributed by atoms with van der Waals surface area (Å²) in [4.78, 5) is 37.6. The van der Waals surface area contributed by atoms with E-state index in [0.717, 1.165) is 17.6 Å². The normalized spacial score (nSPS) is 41.2. The summed E-state index contributed by atoms with van der Waals surface area (Å²) >= 11 is 0. The molecule has 0 N–H and O–H groups in total. The molecule has 7 heteroatoms. The van der Waals surface area contributed by atoms with Gasteiger partial charge in [-0.05, 0) is 53.9 Å². The Morgan fingerprint density at radius 1 is 1.26 bits per heavy atom. The highest BCUT2D eigenvalue weighted by Crippen LogP contribution is 2.75. The van der Waals surface area contributed by atoms with Gasteiger partial charge in [0.05, 0.1) is 25.7 Å². The third-order valence-electron chi connectivity index (χ3n) is 9.49. The zero-order valence-corrected chi connectivity index (χ0v) is 21.0. The molecule has 188 valence electrons. The zero-order chi connectivity index (χ0) is 25.3. The average molecular weight is 483 g/mol. The predicted molar refractivity (Wildman–Crippen MR) is 126 cm³/mol. The SMILES string of the molecule is C=C1[C@@H]([C@@H]2C=CC(=O)C(C)(C)[C@@H]2CC(=O)OC)[C@H](OC(C)=O)C[C@]2(C)[C@H](c3ccoc3)C[C@H]3O[C@]132. The van der Waals surface area contributed by atoms with E-state index in [-0.39, 0.29) is 59.3 Å². The summed E-state index contributed by atoms with van der Waals surface area (Å²) in [5, 5.41) is 0. The number of esters is 2. The molecule has 1 aliphatic heterocycles. The van der Waals surface area contributed by atoms with Crippen LogP contribution in [0.5, 0.6) is 0 Å². The number of ketones is 1. The van der Waals surface area contributed by atoms with Crippen LogP contribution < -0.4 is 0 Å².